The fourth-order valence-electron chi connectivity index (χ4n) is 3.04. The number of hydrogen-bond acceptors (Lipinski definition) is 4. The Morgan fingerprint density at radius 3 is 2.76 bits per heavy atom. The van der Waals surface area contributed by atoms with E-state index in [1.807, 2.05) is 12.1 Å². The number of rotatable bonds is 4. The lowest BCUT2D eigenvalue weighted by Crippen LogP contribution is -2.36. The molecule has 0 bridgehead atoms. The van der Waals surface area contributed by atoms with Gasteiger partial charge >= 0.3 is 5.97 Å². The number of benzene rings is 1. The first-order valence-corrected chi connectivity index (χ1v) is 7.83. The lowest BCUT2D eigenvalue weighted by Gasteiger charge is -2.28. The Hall–Kier alpha value is -3.09. The Labute approximate surface area is 144 Å². The predicted octanol–water partition coefficient (Wildman–Crippen LogP) is 2.37. The molecule has 1 atom stereocenters. The molecule has 7 nitrogen and oxygen atoms in total. The van der Waals surface area contributed by atoms with Gasteiger partial charge in [-0.3, -0.25) is 9.59 Å². The summed E-state index contributed by atoms with van der Waals surface area (Å²) in [6.07, 6.45) is 0.0811. The summed E-state index contributed by atoms with van der Waals surface area (Å²) in [6, 6.07) is 8.63. The first-order chi connectivity index (χ1) is 11.9. The molecule has 25 heavy (non-hydrogen) atoms. The number of nitrogens with zero attached hydrogens (tertiary/aromatic N) is 1. The molecule has 0 saturated heterocycles. The number of aryl methyl sites for hydroxylation is 1. The van der Waals surface area contributed by atoms with Gasteiger partial charge in [0.2, 0.25) is 11.8 Å². The van der Waals surface area contributed by atoms with Gasteiger partial charge in [-0.1, -0.05) is 18.2 Å². The summed E-state index contributed by atoms with van der Waals surface area (Å²) in [6.45, 7) is 1.70. The summed E-state index contributed by atoms with van der Waals surface area (Å²) >= 11 is 0. The Morgan fingerprint density at radius 1 is 1.36 bits per heavy atom. The number of carbonyl (C=O) groups excluding carboxylic acids is 2. The number of carbonyl (C=O) groups is 3. The van der Waals surface area contributed by atoms with Crippen LogP contribution in [-0.4, -0.2) is 34.8 Å². The number of nitrogens with one attached hydrogen (secondary N) is 1. The van der Waals surface area contributed by atoms with Crippen LogP contribution in [0.15, 0.2) is 34.7 Å². The van der Waals surface area contributed by atoms with Crippen LogP contribution in [-0.2, 0) is 16.1 Å². The molecule has 2 N–H and O–H groups in total. The number of likely N-dealkylation sites (N-methyl/N-ethyl adjacent to an activating group) is 1. The van der Waals surface area contributed by atoms with Crippen LogP contribution < -0.4 is 5.32 Å². The minimum atomic E-state index is -1.07. The summed E-state index contributed by atoms with van der Waals surface area (Å²) in [5, 5.41) is 11.8. The second-order valence-corrected chi connectivity index (χ2v) is 6.07. The highest BCUT2D eigenvalue weighted by atomic mass is 16.4. The lowest BCUT2D eigenvalue weighted by molar-refractivity contribution is -0.134. The van der Waals surface area contributed by atoms with E-state index in [9.17, 15) is 14.4 Å². The number of aromatic carboxylic acids is 1. The third-order valence-electron chi connectivity index (χ3n) is 4.27. The molecule has 0 saturated carbocycles. The van der Waals surface area contributed by atoms with E-state index in [1.54, 1.807) is 26.1 Å². The van der Waals surface area contributed by atoms with Crippen molar-refractivity contribution in [3.05, 3.63) is 53.0 Å². The van der Waals surface area contributed by atoms with E-state index in [-0.39, 0.29) is 30.3 Å². The Morgan fingerprint density at radius 2 is 2.08 bits per heavy atom. The molecule has 7 heteroatoms. The highest BCUT2D eigenvalue weighted by Gasteiger charge is 2.32. The van der Waals surface area contributed by atoms with Gasteiger partial charge in [-0.05, 0) is 24.6 Å². The van der Waals surface area contributed by atoms with Crippen molar-refractivity contribution in [2.45, 2.75) is 25.8 Å². The highest BCUT2D eigenvalue weighted by Crippen LogP contribution is 2.33. The van der Waals surface area contributed by atoms with Crippen LogP contribution in [0.1, 0.15) is 39.8 Å². The monoisotopic (exact) mass is 342 g/mol. The van der Waals surface area contributed by atoms with Gasteiger partial charge < -0.3 is 19.7 Å². The molecule has 130 valence electrons. The van der Waals surface area contributed by atoms with Crippen molar-refractivity contribution < 1.29 is 23.9 Å². The van der Waals surface area contributed by atoms with E-state index in [1.165, 1.54) is 11.0 Å². The third-order valence-corrected chi connectivity index (χ3v) is 4.27. The van der Waals surface area contributed by atoms with Crippen LogP contribution in [0.2, 0.25) is 0 Å². The van der Waals surface area contributed by atoms with Crippen LogP contribution in [0.5, 0.6) is 0 Å². The zero-order chi connectivity index (χ0) is 18.1. The van der Waals surface area contributed by atoms with Crippen LogP contribution in [0.25, 0.3) is 0 Å². The number of anilines is 1. The normalized spacial score (nSPS) is 16.1. The second-order valence-electron chi connectivity index (χ2n) is 6.07. The molecule has 0 unspecified atom stereocenters. The molecule has 1 aliphatic heterocycles. The quantitative estimate of drug-likeness (QED) is 0.888. The molecule has 2 heterocycles. The Kier molecular flexibility index (Phi) is 4.31. The van der Waals surface area contributed by atoms with Gasteiger partial charge in [-0.25, -0.2) is 4.79 Å². The lowest BCUT2D eigenvalue weighted by atomic mass is 9.89. The van der Waals surface area contributed by atoms with Crippen molar-refractivity contribution in [2.24, 2.45) is 0 Å². The number of fused-ring (bicyclic) bond motifs is 1. The van der Waals surface area contributed by atoms with Gasteiger partial charge in [0.15, 0.2) is 0 Å². The Balaban J connectivity index is 1.80. The zero-order valence-electron chi connectivity index (χ0n) is 13.9. The molecule has 2 amide bonds. The molecule has 0 radical (unpaired) electrons. The first-order valence-electron chi connectivity index (χ1n) is 7.83. The number of carboxylic acid groups (broad SMARTS) is 1. The van der Waals surface area contributed by atoms with Gasteiger partial charge in [0.25, 0.3) is 0 Å². The van der Waals surface area contributed by atoms with E-state index in [4.69, 9.17) is 9.52 Å². The van der Waals surface area contributed by atoms with Gasteiger partial charge in [0.1, 0.15) is 17.1 Å². The average Bonchev–Trinajstić information content (AvgIpc) is 2.93. The number of carboxylic acids is 1. The maximum absolute atomic E-state index is 12.8. The minimum absolute atomic E-state index is 0.0811. The molecule has 3 rings (SSSR count). The molecular formula is C18H18N2O5. The summed E-state index contributed by atoms with van der Waals surface area (Å²) in [7, 11) is 1.61. The number of para-hydroxylation sites is 1. The molecular weight excluding hydrogens is 324 g/mol. The third kappa shape index (κ3) is 3.26. The molecule has 0 aliphatic carbocycles. The van der Waals surface area contributed by atoms with Crippen molar-refractivity contribution in [1.82, 2.24) is 4.90 Å². The van der Waals surface area contributed by atoms with Crippen molar-refractivity contribution in [2.75, 3.05) is 12.4 Å². The van der Waals surface area contributed by atoms with Gasteiger partial charge in [0.05, 0.1) is 12.5 Å². The summed E-state index contributed by atoms with van der Waals surface area (Å²) in [5.74, 6) is -1.37. The molecule has 2 aromatic rings. The highest BCUT2D eigenvalue weighted by molar-refractivity contribution is 6.01. The van der Waals surface area contributed by atoms with E-state index in [0.717, 1.165) is 5.56 Å². The predicted molar refractivity (Wildman–Crippen MR) is 89.3 cm³/mol. The maximum atomic E-state index is 12.8. The van der Waals surface area contributed by atoms with Crippen LogP contribution in [0.3, 0.4) is 0 Å². The van der Waals surface area contributed by atoms with Crippen molar-refractivity contribution >= 4 is 23.5 Å². The van der Waals surface area contributed by atoms with Crippen LogP contribution in [0.4, 0.5) is 5.69 Å². The summed E-state index contributed by atoms with van der Waals surface area (Å²) in [4.78, 5) is 37.2. The van der Waals surface area contributed by atoms with Crippen molar-refractivity contribution in [1.29, 1.82) is 0 Å². The van der Waals surface area contributed by atoms with E-state index in [0.29, 0.717) is 17.2 Å². The molecule has 0 spiro atoms. The zero-order valence-corrected chi connectivity index (χ0v) is 13.9. The maximum Gasteiger partial charge on any atom is 0.339 e. The van der Waals surface area contributed by atoms with Crippen LogP contribution in [0, 0.1) is 6.92 Å². The van der Waals surface area contributed by atoms with Crippen LogP contribution >= 0.6 is 0 Å². The average molecular weight is 342 g/mol. The Bertz CT molecular complexity index is 855. The van der Waals surface area contributed by atoms with E-state index < -0.39 is 11.9 Å². The minimum Gasteiger partial charge on any atom is -0.478 e. The summed E-state index contributed by atoms with van der Waals surface area (Å²) in [5.41, 5.74) is 1.51. The van der Waals surface area contributed by atoms with Crippen molar-refractivity contribution in [3.8, 4) is 0 Å². The van der Waals surface area contributed by atoms with Crippen molar-refractivity contribution in [3.63, 3.8) is 0 Å². The molecule has 1 aromatic heterocycles. The molecule has 1 aliphatic rings. The fourth-order valence-corrected chi connectivity index (χ4v) is 3.04. The first kappa shape index (κ1) is 16.8. The fraction of sp³-hybridized carbons (Fsp3) is 0.278. The van der Waals surface area contributed by atoms with Gasteiger partial charge in [0, 0.05) is 19.2 Å². The number of amides is 2. The second kappa shape index (κ2) is 6.43. The van der Waals surface area contributed by atoms with Gasteiger partial charge in [-0.15, -0.1) is 0 Å². The number of hydrogen-bond donors (Lipinski definition) is 2. The molecule has 0 fully saturated rings. The molecule has 1 aromatic carbocycles. The topological polar surface area (TPSA) is 99.9 Å². The van der Waals surface area contributed by atoms with Gasteiger partial charge in [-0.2, -0.15) is 0 Å². The standard InChI is InChI=1S/C18H18N2O5/c1-10-13(18(23)24)7-11(25-10)9-20(2)17(22)14-8-16(21)19-15-6-4-3-5-12(14)15/h3-7,14H,8-9H2,1-2H3,(H,19,21)(H,23,24)/t14-/m1/s1. The van der Waals surface area contributed by atoms with E-state index >= 15 is 0 Å². The SMILES string of the molecule is Cc1oc(CN(C)C(=O)[C@@H]2CC(=O)Nc3ccccc32)cc1C(=O)O. The summed E-state index contributed by atoms with van der Waals surface area (Å²) < 4.78 is 5.42. The largest absolute Gasteiger partial charge is 0.478 e. The number of furan rings is 1. The van der Waals surface area contributed by atoms with E-state index in [2.05, 4.69) is 5.32 Å². The smallest absolute Gasteiger partial charge is 0.339 e.